The van der Waals surface area contributed by atoms with Crippen molar-refractivity contribution < 1.29 is 9.47 Å². The average Bonchev–Trinajstić information content (AvgIpc) is 2.46. The van der Waals surface area contributed by atoms with Crippen molar-refractivity contribution >= 4 is 16.5 Å². The molecule has 0 aromatic heterocycles. The van der Waals surface area contributed by atoms with Crippen LogP contribution in [0.4, 0.5) is 5.69 Å². The summed E-state index contributed by atoms with van der Waals surface area (Å²) in [5.41, 5.74) is 0.652. The van der Waals surface area contributed by atoms with Crippen molar-refractivity contribution in [1.29, 1.82) is 5.26 Å². The summed E-state index contributed by atoms with van der Waals surface area (Å²) in [5, 5.41) is 14.8. The Balaban J connectivity index is 1.78. The van der Waals surface area contributed by atoms with E-state index in [9.17, 15) is 0 Å². The lowest BCUT2D eigenvalue weighted by atomic mass is 9.88. The first-order valence-electron chi connectivity index (χ1n) is 6.55. The highest BCUT2D eigenvalue weighted by atomic mass is 16.5. The number of hydrogen-bond acceptors (Lipinski definition) is 4. The van der Waals surface area contributed by atoms with Gasteiger partial charge in [-0.05, 0) is 35.0 Å². The molecular weight excluding hydrogens is 252 g/mol. The summed E-state index contributed by atoms with van der Waals surface area (Å²) in [6.07, 6.45) is 0. The molecule has 1 aliphatic rings. The Kier molecular flexibility index (Phi) is 3.21. The van der Waals surface area contributed by atoms with E-state index in [2.05, 4.69) is 23.5 Å². The number of nitrogens with zero attached hydrogens (tertiary/aromatic N) is 1. The molecular formula is C16H16N2O2. The molecule has 2 aromatic carbocycles. The molecule has 0 atom stereocenters. The van der Waals surface area contributed by atoms with E-state index in [-0.39, 0.29) is 5.41 Å². The summed E-state index contributed by atoms with van der Waals surface area (Å²) in [6, 6.07) is 14.5. The lowest BCUT2D eigenvalue weighted by Gasteiger charge is -2.35. The molecule has 102 valence electrons. The normalized spacial score (nSPS) is 16.2. The van der Waals surface area contributed by atoms with Gasteiger partial charge in [-0.15, -0.1) is 0 Å². The Bertz CT molecular complexity index is 672. The molecule has 20 heavy (non-hydrogen) atoms. The largest absolute Gasteiger partial charge is 0.497 e. The van der Waals surface area contributed by atoms with Gasteiger partial charge < -0.3 is 14.8 Å². The smallest absolute Gasteiger partial charge is 0.121 e. The zero-order chi connectivity index (χ0) is 14.0. The van der Waals surface area contributed by atoms with Crippen molar-refractivity contribution in [2.75, 3.05) is 32.2 Å². The van der Waals surface area contributed by atoms with Crippen molar-refractivity contribution in [3.8, 4) is 11.8 Å². The van der Waals surface area contributed by atoms with Crippen LogP contribution in [-0.2, 0) is 4.74 Å². The van der Waals surface area contributed by atoms with Gasteiger partial charge in [-0.1, -0.05) is 12.1 Å². The maximum atomic E-state index is 9.16. The molecule has 0 radical (unpaired) electrons. The van der Waals surface area contributed by atoms with Crippen molar-refractivity contribution in [2.45, 2.75) is 0 Å². The van der Waals surface area contributed by atoms with Gasteiger partial charge in [0.15, 0.2) is 0 Å². The lowest BCUT2D eigenvalue weighted by Crippen LogP contribution is -2.46. The molecule has 4 nitrogen and oxygen atoms in total. The van der Waals surface area contributed by atoms with Gasteiger partial charge >= 0.3 is 0 Å². The number of nitriles is 1. The molecule has 0 unspecified atom stereocenters. The number of fused-ring (bicyclic) bond motifs is 1. The molecule has 1 fully saturated rings. The van der Waals surface area contributed by atoms with Crippen molar-refractivity contribution in [2.24, 2.45) is 5.41 Å². The van der Waals surface area contributed by atoms with Crippen LogP contribution in [-0.4, -0.2) is 26.9 Å². The fraction of sp³-hybridized carbons (Fsp3) is 0.312. The maximum Gasteiger partial charge on any atom is 0.121 e. The Morgan fingerprint density at radius 3 is 2.65 bits per heavy atom. The molecule has 1 heterocycles. The summed E-state index contributed by atoms with van der Waals surface area (Å²) < 4.78 is 10.4. The van der Waals surface area contributed by atoms with Gasteiger partial charge in [0.2, 0.25) is 0 Å². The van der Waals surface area contributed by atoms with Gasteiger partial charge in [0.05, 0.1) is 26.4 Å². The molecule has 4 heteroatoms. The summed E-state index contributed by atoms with van der Waals surface area (Å²) in [6.45, 7) is 1.65. The van der Waals surface area contributed by atoms with Crippen LogP contribution >= 0.6 is 0 Å². The molecule has 0 bridgehead atoms. The molecule has 1 N–H and O–H groups in total. The third-order valence-corrected chi connectivity index (χ3v) is 3.67. The van der Waals surface area contributed by atoms with E-state index in [4.69, 9.17) is 14.7 Å². The van der Waals surface area contributed by atoms with Crippen LogP contribution in [0.15, 0.2) is 36.4 Å². The predicted octanol–water partition coefficient (Wildman–Crippen LogP) is 2.80. The third kappa shape index (κ3) is 2.28. The Morgan fingerprint density at radius 1 is 1.25 bits per heavy atom. The van der Waals surface area contributed by atoms with E-state index in [1.807, 2.05) is 24.3 Å². The third-order valence-electron chi connectivity index (χ3n) is 3.67. The van der Waals surface area contributed by atoms with Gasteiger partial charge in [0.1, 0.15) is 11.2 Å². The van der Waals surface area contributed by atoms with Gasteiger partial charge in [-0.2, -0.15) is 5.26 Å². The second-order valence-corrected chi connectivity index (χ2v) is 5.17. The molecule has 0 aliphatic carbocycles. The van der Waals surface area contributed by atoms with Crippen LogP contribution in [0.2, 0.25) is 0 Å². The first kappa shape index (κ1) is 12.8. The van der Waals surface area contributed by atoms with Crippen LogP contribution in [0.3, 0.4) is 0 Å². The van der Waals surface area contributed by atoms with E-state index >= 15 is 0 Å². The minimum absolute atomic E-state index is 0.366. The number of nitrogens with one attached hydrogen (secondary N) is 1. The Hall–Kier alpha value is -2.25. The van der Waals surface area contributed by atoms with Crippen molar-refractivity contribution in [3.63, 3.8) is 0 Å². The second kappa shape index (κ2) is 5.03. The van der Waals surface area contributed by atoms with Crippen LogP contribution in [0.25, 0.3) is 10.8 Å². The van der Waals surface area contributed by atoms with E-state index in [0.717, 1.165) is 22.2 Å². The molecule has 0 spiro atoms. The van der Waals surface area contributed by atoms with Crippen LogP contribution in [0.5, 0.6) is 5.75 Å². The molecule has 3 rings (SSSR count). The molecule has 0 saturated carbocycles. The SMILES string of the molecule is COc1ccc2cc(NCC3(C#N)COC3)ccc2c1. The Morgan fingerprint density at radius 2 is 2.00 bits per heavy atom. The fourth-order valence-electron chi connectivity index (χ4n) is 2.29. The van der Waals surface area contributed by atoms with Crippen molar-refractivity contribution in [3.05, 3.63) is 36.4 Å². The second-order valence-electron chi connectivity index (χ2n) is 5.17. The number of benzene rings is 2. The van der Waals surface area contributed by atoms with Crippen molar-refractivity contribution in [1.82, 2.24) is 0 Å². The monoisotopic (exact) mass is 268 g/mol. The van der Waals surface area contributed by atoms with Gasteiger partial charge in [0, 0.05) is 12.2 Å². The van der Waals surface area contributed by atoms with E-state index in [0.29, 0.717) is 19.8 Å². The average molecular weight is 268 g/mol. The van der Waals surface area contributed by atoms with E-state index < -0.39 is 0 Å². The first-order chi connectivity index (χ1) is 9.74. The maximum absolute atomic E-state index is 9.16. The van der Waals surface area contributed by atoms with Gasteiger partial charge in [0.25, 0.3) is 0 Å². The highest BCUT2D eigenvalue weighted by molar-refractivity contribution is 5.86. The summed E-state index contributed by atoms with van der Waals surface area (Å²) in [5.74, 6) is 0.855. The number of hydrogen-bond donors (Lipinski definition) is 1. The minimum Gasteiger partial charge on any atom is -0.497 e. The van der Waals surface area contributed by atoms with Crippen LogP contribution in [0.1, 0.15) is 0 Å². The quantitative estimate of drug-likeness (QED) is 0.926. The fourth-order valence-corrected chi connectivity index (χ4v) is 2.29. The standard InChI is InChI=1S/C16H16N2O2/c1-19-15-5-3-12-6-14(4-2-13(12)7-15)18-9-16(8-17)10-20-11-16/h2-7,18H,9-11H2,1H3. The lowest BCUT2D eigenvalue weighted by molar-refractivity contribution is -0.0690. The van der Waals surface area contributed by atoms with E-state index in [1.165, 1.54) is 0 Å². The topological polar surface area (TPSA) is 54.3 Å². The number of anilines is 1. The van der Waals surface area contributed by atoms with Gasteiger partial charge in [-0.25, -0.2) is 0 Å². The van der Waals surface area contributed by atoms with Crippen LogP contribution in [0, 0.1) is 16.7 Å². The molecule has 2 aromatic rings. The predicted molar refractivity (Wildman–Crippen MR) is 77.9 cm³/mol. The molecule has 1 aliphatic heterocycles. The molecule has 1 saturated heterocycles. The number of ether oxygens (including phenoxy) is 2. The zero-order valence-corrected chi connectivity index (χ0v) is 11.3. The van der Waals surface area contributed by atoms with Gasteiger partial charge in [-0.3, -0.25) is 0 Å². The summed E-state index contributed by atoms with van der Waals surface area (Å²) >= 11 is 0. The summed E-state index contributed by atoms with van der Waals surface area (Å²) in [7, 11) is 1.67. The minimum atomic E-state index is -0.366. The Labute approximate surface area is 117 Å². The number of methoxy groups -OCH3 is 1. The highest BCUT2D eigenvalue weighted by Crippen LogP contribution is 2.28. The highest BCUT2D eigenvalue weighted by Gasteiger charge is 2.38. The van der Waals surface area contributed by atoms with Crippen LogP contribution < -0.4 is 10.1 Å². The molecule has 0 amide bonds. The van der Waals surface area contributed by atoms with E-state index in [1.54, 1.807) is 7.11 Å². The zero-order valence-electron chi connectivity index (χ0n) is 11.3. The number of rotatable bonds is 4. The summed E-state index contributed by atoms with van der Waals surface area (Å²) in [4.78, 5) is 0. The first-order valence-corrected chi connectivity index (χ1v) is 6.55.